The van der Waals surface area contributed by atoms with E-state index < -0.39 is 0 Å². The molecule has 0 radical (unpaired) electrons. The van der Waals surface area contributed by atoms with Gasteiger partial charge in [0.15, 0.2) is 0 Å². The van der Waals surface area contributed by atoms with Crippen molar-refractivity contribution in [3.8, 4) is 12.8 Å². The smallest absolute Gasteiger partial charge is 0.124 e. The second kappa shape index (κ2) is 20.1. The fourth-order valence-corrected chi connectivity index (χ4v) is 0. The summed E-state index contributed by atoms with van der Waals surface area (Å²) < 4.78 is 0. The molecule has 0 aromatic heterocycles. The first-order valence-corrected chi connectivity index (χ1v) is 0.667. The lowest BCUT2D eigenvalue weighted by atomic mass is 11.4. The normalized spacial score (nSPS) is 2.00. The number of rotatable bonds is 0. The summed E-state index contributed by atoms with van der Waals surface area (Å²) in [5, 5.41) is 0. The largest absolute Gasteiger partial charge is 0.274 e. The minimum absolute atomic E-state index is 4.00. The third-order valence-corrected chi connectivity index (χ3v) is 0. The Morgan fingerprint density at radius 3 is 1.00 bits per heavy atom. The molecule has 2 nitrogen and oxygen atoms in total. The number of hydrogen-bond donors (Lipinski definition) is 2. The second-order valence-electron chi connectivity index (χ2n) is 0. The summed E-state index contributed by atoms with van der Waals surface area (Å²) >= 11 is 0. The Kier molecular flexibility index (Phi) is 49.1. The van der Waals surface area contributed by atoms with Gasteiger partial charge >= 0.3 is 0 Å². The molecule has 0 saturated carbocycles. The molecule has 0 aliphatic rings. The quantitative estimate of drug-likeness (QED) is 0.215. The zero-order valence-electron chi connectivity index (χ0n) is 2.31. The maximum atomic E-state index is 4.00. The van der Waals surface area contributed by atoms with E-state index in [0.717, 1.165) is 0 Å². The molecule has 0 fully saturated rings. The Morgan fingerprint density at radius 1 is 1.00 bits per heavy atom. The van der Waals surface area contributed by atoms with Crippen molar-refractivity contribution in [3.63, 3.8) is 0 Å². The topological polar surface area (TPSA) is 52.0 Å². The number of nitrogens with two attached hydrogens (primary N) is 2. The molecule has 24 valence electrons. The molecule has 2 heteroatoms. The molecule has 0 unspecified atom stereocenters. The van der Waals surface area contributed by atoms with Crippen molar-refractivity contribution in [1.82, 2.24) is 0 Å². The van der Waals surface area contributed by atoms with E-state index in [1.54, 1.807) is 0 Å². The van der Waals surface area contributed by atoms with Gasteiger partial charge in [-0.3, -0.25) is 11.7 Å². The average molecular weight is 58.1 g/mol. The van der Waals surface area contributed by atoms with Crippen molar-refractivity contribution < 1.29 is 0 Å². The molecule has 0 aromatic rings. The zero-order valence-corrected chi connectivity index (χ0v) is 2.31. The Labute approximate surface area is 25.8 Å². The summed E-state index contributed by atoms with van der Waals surface area (Å²) in [4.78, 5) is 0. The van der Waals surface area contributed by atoms with Crippen LogP contribution in [-0.4, -0.2) is 0 Å². The van der Waals surface area contributed by atoms with E-state index in [0.29, 0.717) is 0 Å². The van der Waals surface area contributed by atoms with Crippen LogP contribution >= 0.6 is 0 Å². The van der Waals surface area contributed by atoms with Gasteiger partial charge in [-0.2, -0.15) is 0 Å². The van der Waals surface area contributed by atoms with Gasteiger partial charge in [0, 0.05) is 0 Å². The van der Waals surface area contributed by atoms with Gasteiger partial charge in [0.2, 0.25) is 0 Å². The summed E-state index contributed by atoms with van der Waals surface area (Å²) in [6, 6.07) is 0. The molecule has 0 aromatic carbocycles. The second-order valence-corrected chi connectivity index (χ2v) is 0. The van der Waals surface area contributed by atoms with Crippen LogP contribution < -0.4 is 11.7 Å². The Balaban J connectivity index is 0. The molecule has 0 bridgehead atoms. The summed E-state index contributed by atoms with van der Waals surface area (Å²) in [6.07, 6.45) is 8.00. The summed E-state index contributed by atoms with van der Waals surface area (Å²) in [7, 11) is 0. The van der Waals surface area contributed by atoms with E-state index in [1.807, 2.05) is 0 Å². The van der Waals surface area contributed by atoms with E-state index >= 15 is 0 Å². The zero-order chi connectivity index (χ0) is 4.00. The fourth-order valence-electron chi connectivity index (χ4n) is 0. The van der Waals surface area contributed by atoms with Crippen LogP contribution in [0.3, 0.4) is 0 Å². The van der Waals surface area contributed by atoms with Crippen LogP contribution in [0, 0.1) is 12.8 Å². The molecule has 0 rings (SSSR count). The Bertz CT molecular complexity index is 8.75. The van der Waals surface area contributed by atoms with Crippen LogP contribution in [0.15, 0.2) is 0 Å². The lowest BCUT2D eigenvalue weighted by molar-refractivity contribution is 1.26. The van der Waals surface area contributed by atoms with Crippen LogP contribution in [0.25, 0.3) is 0 Å². The molecular formula is C2H6N2. The van der Waals surface area contributed by atoms with Gasteiger partial charge in [-0.1, -0.05) is 0 Å². The van der Waals surface area contributed by atoms with Gasteiger partial charge in [-0.05, 0) is 0 Å². The number of hydrazine groups is 1. The Hall–Kier alpha value is -0.520. The predicted octanol–water partition coefficient (Wildman–Crippen LogP) is -0.932. The number of terminal acetylenes is 1. The third-order valence-electron chi connectivity index (χ3n) is 0. The molecular weight excluding hydrogens is 52.0 g/mol. The standard InChI is InChI=1S/C2H2.H4N2/c2*1-2/h1-2H;1-2H2. The summed E-state index contributed by atoms with van der Waals surface area (Å²) in [6.45, 7) is 0. The lowest BCUT2D eigenvalue weighted by Gasteiger charge is -1.27. The van der Waals surface area contributed by atoms with Crippen molar-refractivity contribution in [2.75, 3.05) is 0 Å². The first-order valence-electron chi connectivity index (χ1n) is 0.667. The first-order chi connectivity index (χ1) is 2.00. The molecule has 0 saturated heterocycles. The van der Waals surface area contributed by atoms with Gasteiger partial charge in [0.1, 0.15) is 0 Å². The van der Waals surface area contributed by atoms with Crippen molar-refractivity contribution >= 4 is 0 Å². The third kappa shape index (κ3) is 1.26. The van der Waals surface area contributed by atoms with Crippen molar-refractivity contribution in [2.24, 2.45) is 11.7 Å². The van der Waals surface area contributed by atoms with Gasteiger partial charge in [-0.25, -0.2) is 0 Å². The van der Waals surface area contributed by atoms with E-state index in [4.69, 9.17) is 0 Å². The first kappa shape index (κ1) is 9.77. The summed E-state index contributed by atoms with van der Waals surface area (Å²) in [5.74, 6) is 8.00. The number of hydrogen-bond acceptors (Lipinski definition) is 2. The average Bonchev–Trinajstić information content (AvgIpc) is 1.50. The van der Waals surface area contributed by atoms with E-state index in [1.165, 1.54) is 0 Å². The predicted molar refractivity (Wildman–Crippen MR) is 18.3 cm³/mol. The van der Waals surface area contributed by atoms with E-state index in [-0.39, 0.29) is 0 Å². The van der Waals surface area contributed by atoms with Crippen LogP contribution in [0.5, 0.6) is 0 Å². The maximum absolute atomic E-state index is 4.00. The van der Waals surface area contributed by atoms with Crippen LogP contribution in [0.2, 0.25) is 0 Å². The molecule has 4 heavy (non-hydrogen) atoms. The van der Waals surface area contributed by atoms with Crippen molar-refractivity contribution in [3.05, 3.63) is 0 Å². The van der Waals surface area contributed by atoms with E-state index in [9.17, 15) is 0 Å². The highest BCUT2D eigenvalue weighted by atomic mass is 15.0. The SMILES string of the molecule is C#C.NN. The molecule has 0 aliphatic heterocycles. The highest BCUT2D eigenvalue weighted by Gasteiger charge is 0.726. The summed E-state index contributed by atoms with van der Waals surface area (Å²) in [5.41, 5.74) is 0. The molecule has 0 spiro atoms. The monoisotopic (exact) mass is 58.1 g/mol. The minimum Gasteiger partial charge on any atom is -0.274 e. The highest BCUT2D eigenvalue weighted by molar-refractivity contribution is 4.47. The van der Waals surface area contributed by atoms with Gasteiger partial charge < -0.3 is 0 Å². The van der Waals surface area contributed by atoms with Crippen LogP contribution in [0.4, 0.5) is 0 Å². The lowest BCUT2D eigenvalue weighted by Crippen LogP contribution is -2.02. The van der Waals surface area contributed by atoms with Crippen LogP contribution in [0.1, 0.15) is 0 Å². The van der Waals surface area contributed by atoms with Gasteiger partial charge in [0.05, 0.1) is 0 Å². The maximum Gasteiger partial charge on any atom is -0.124 e. The van der Waals surface area contributed by atoms with Crippen molar-refractivity contribution in [2.45, 2.75) is 0 Å². The molecule has 0 aliphatic carbocycles. The fraction of sp³-hybridized carbons (Fsp3) is 0. The van der Waals surface area contributed by atoms with Crippen molar-refractivity contribution in [1.29, 1.82) is 0 Å². The molecule has 0 heterocycles. The van der Waals surface area contributed by atoms with Gasteiger partial charge in [0.25, 0.3) is 0 Å². The molecule has 0 amide bonds. The van der Waals surface area contributed by atoms with E-state index in [2.05, 4.69) is 24.5 Å². The molecule has 0 atom stereocenters. The van der Waals surface area contributed by atoms with Gasteiger partial charge in [-0.15, -0.1) is 12.8 Å². The highest BCUT2D eigenvalue weighted by Crippen LogP contribution is 0.579. The van der Waals surface area contributed by atoms with Crippen LogP contribution in [-0.2, 0) is 0 Å². The Morgan fingerprint density at radius 2 is 1.00 bits per heavy atom. The minimum atomic E-state index is 4.00. The molecule has 4 N–H and O–H groups in total.